The molecule has 7 rings (SSSR count). The van der Waals surface area contributed by atoms with E-state index in [-0.39, 0.29) is 12.2 Å². The molecule has 0 aromatic heterocycles. The Balaban J connectivity index is 1.38. The summed E-state index contributed by atoms with van der Waals surface area (Å²) in [6.07, 6.45) is 8.06. The lowest BCUT2D eigenvalue weighted by molar-refractivity contribution is -0.0188. The molecule has 0 atom stereocenters. The van der Waals surface area contributed by atoms with Crippen LogP contribution in [0.15, 0.2) is 54.6 Å². The van der Waals surface area contributed by atoms with Gasteiger partial charge in [-0.2, -0.15) is 0 Å². The maximum atomic E-state index is 11.5. The van der Waals surface area contributed by atoms with Crippen molar-refractivity contribution < 1.29 is 19.0 Å². The molecule has 0 amide bonds. The molecule has 0 spiro atoms. The fourth-order valence-corrected chi connectivity index (χ4v) is 7.66. The van der Waals surface area contributed by atoms with Crippen molar-refractivity contribution in [1.29, 1.82) is 0 Å². The van der Waals surface area contributed by atoms with Gasteiger partial charge in [0.25, 0.3) is 5.24 Å². The number of hydrogen-bond acceptors (Lipinski definition) is 4. The van der Waals surface area contributed by atoms with Gasteiger partial charge in [0, 0.05) is 18.2 Å². The zero-order valence-corrected chi connectivity index (χ0v) is 21.6. The van der Waals surface area contributed by atoms with E-state index >= 15 is 0 Å². The fourth-order valence-electron chi connectivity index (χ4n) is 7.53. The number of halogens is 1. The van der Waals surface area contributed by atoms with Gasteiger partial charge < -0.3 is 14.2 Å². The Labute approximate surface area is 217 Å². The van der Waals surface area contributed by atoms with Crippen LogP contribution in [-0.2, 0) is 14.9 Å². The number of hydrogen-bond donors (Lipinski definition) is 0. The summed E-state index contributed by atoms with van der Waals surface area (Å²) in [5.41, 5.74) is 4.29. The molecule has 3 aromatic carbocycles. The highest BCUT2D eigenvalue weighted by Gasteiger charge is 2.52. The van der Waals surface area contributed by atoms with E-state index in [0.717, 1.165) is 40.0 Å². The normalized spacial score (nSPS) is 26.4. The predicted octanol–water partition coefficient (Wildman–Crippen LogP) is 7.35. The van der Waals surface area contributed by atoms with E-state index in [2.05, 4.69) is 30.3 Å². The van der Waals surface area contributed by atoms with E-state index in [4.69, 9.17) is 25.8 Å². The van der Waals surface area contributed by atoms with Crippen molar-refractivity contribution in [2.45, 2.75) is 43.9 Å². The summed E-state index contributed by atoms with van der Waals surface area (Å²) in [5, 5.41) is 1.95. The van der Waals surface area contributed by atoms with Crippen molar-refractivity contribution in [3.8, 4) is 16.9 Å². The van der Waals surface area contributed by atoms with E-state index in [1.165, 1.54) is 49.5 Å². The van der Waals surface area contributed by atoms with Gasteiger partial charge in [0.1, 0.15) is 5.75 Å². The maximum absolute atomic E-state index is 11.5. The minimum Gasteiger partial charge on any atom is -0.467 e. The van der Waals surface area contributed by atoms with Crippen molar-refractivity contribution in [2.24, 2.45) is 17.8 Å². The number of rotatable bonds is 9. The van der Waals surface area contributed by atoms with Crippen molar-refractivity contribution in [1.82, 2.24) is 0 Å². The van der Waals surface area contributed by atoms with Gasteiger partial charge in [-0.05, 0) is 126 Å². The quantitative estimate of drug-likeness (QED) is 0.173. The number of benzene rings is 3. The summed E-state index contributed by atoms with van der Waals surface area (Å²) in [4.78, 5) is 11.5. The van der Waals surface area contributed by atoms with E-state index in [1.54, 1.807) is 19.2 Å². The van der Waals surface area contributed by atoms with Gasteiger partial charge >= 0.3 is 0 Å². The molecule has 4 saturated carbocycles. The number of carbonyl (C=O) groups excluding carboxylic acids is 1. The van der Waals surface area contributed by atoms with Crippen LogP contribution >= 0.6 is 11.6 Å². The number of ether oxygens (including phenoxy) is 3. The van der Waals surface area contributed by atoms with E-state index in [9.17, 15) is 4.79 Å². The molecular weight excluding hydrogens is 472 g/mol. The topological polar surface area (TPSA) is 44.8 Å². The van der Waals surface area contributed by atoms with Gasteiger partial charge in [0.2, 0.25) is 0 Å². The van der Waals surface area contributed by atoms with Gasteiger partial charge in [0.15, 0.2) is 6.79 Å². The summed E-state index contributed by atoms with van der Waals surface area (Å²) in [6.45, 7) is 1.32. The Morgan fingerprint density at radius 3 is 2.17 bits per heavy atom. The van der Waals surface area contributed by atoms with Crippen molar-refractivity contribution in [3.63, 3.8) is 0 Å². The molecule has 36 heavy (non-hydrogen) atoms. The van der Waals surface area contributed by atoms with Gasteiger partial charge in [0.05, 0.1) is 13.2 Å². The van der Waals surface area contributed by atoms with Crippen LogP contribution in [0, 0.1) is 17.8 Å². The molecule has 0 N–H and O–H groups in total. The lowest BCUT2D eigenvalue weighted by atomic mass is 9.48. The minimum absolute atomic E-state index is 0.211. The highest BCUT2D eigenvalue weighted by Crippen LogP contribution is 2.62. The first-order valence-electron chi connectivity index (χ1n) is 13.1. The summed E-state index contributed by atoms with van der Waals surface area (Å²) in [5.74, 6) is 3.53. The molecule has 0 aliphatic heterocycles. The van der Waals surface area contributed by atoms with Gasteiger partial charge in [-0.25, -0.2) is 0 Å². The number of methoxy groups -OCH3 is 1. The second-order valence-corrected chi connectivity index (χ2v) is 11.5. The number of fused-ring (bicyclic) bond motifs is 1. The van der Waals surface area contributed by atoms with Crippen LogP contribution in [0.25, 0.3) is 21.9 Å². The summed E-state index contributed by atoms with van der Waals surface area (Å²) >= 11 is 5.64. The van der Waals surface area contributed by atoms with Crippen molar-refractivity contribution in [2.75, 3.05) is 27.1 Å². The fraction of sp³-hybridized carbons (Fsp3) is 0.452. The second kappa shape index (κ2) is 9.81. The van der Waals surface area contributed by atoms with Gasteiger partial charge in [-0.1, -0.05) is 24.3 Å². The molecule has 0 unspecified atom stereocenters. The SMILES string of the molecule is COCCOCOc1cc2ccc(-c3ccc(C(=O)Cl)cc3)cc2cc1C12CC3CC(CC(C3)C1)C2. The van der Waals surface area contributed by atoms with Crippen molar-refractivity contribution in [3.05, 3.63) is 65.7 Å². The Kier molecular flexibility index (Phi) is 6.53. The maximum Gasteiger partial charge on any atom is 0.252 e. The average Bonchev–Trinajstić information content (AvgIpc) is 2.87. The van der Waals surface area contributed by atoms with Gasteiger partial charge in [-0.15, -0.1) is 0 Å². The van der Waals surface area contributed by atoms with Crippen LogP contribution < -0.4 is 4.74 Å². The van der Waals surface area contributed by atoms with E-state index in [0.29, 0.717) is 18.8 Å². The molecule has 4 bridgehead atoms. The number of carbonyl (C=O) groups is 1. The molecule has 0 radical (unpaired) electrons. The predicted molar refractivity (Wildman–Crippen MR) is 143 cm³/mol. The molecule has 0 saturated heterocycles. The third-order valence-electron chi connectivity index (χ3n) is 8.72. The van der Waals surface area contributed by atoms with Crippen LogP contribution in [0.3, 0.4) is 0 Å². The third-order valence-corrected chi connectivity index (χ3v) is 8.94. The first-order chi connectivity index (χ1) is 17.5. The molecule has 188 valence electrons. The monoisotopic (exact) mass is 504 g/mol. The van der Waals surface area contributed by atoms with Crippen molar-refractivity contribution >= 4 is 27.6 Å². The molecular formula is C31H33ClO4. The molecule has 4 nitrogen and oxygen atoms in total. The van der Waals surface area contributed by atoms with Crippen LogP contribution in [0.4, 0.5) is 0 Å². The highest BCUT2D eigenvalue weighted by molar-refractivity contribution is 6.67. The smallest absolute Gasteiger partial charge is 0.252 e. The molecule has 4 fully saturated rings. The Hall–Kier alpha value is -2.40. The largest absolute Gasteiger partial charge is 0.467 e. The summed E-state index contributed by atoms with van der Waals surface area (Å²) in [6, 6.07) is 18.7. The third kappa shape index (κ3) is 4.55. The van der Waals surface area contributed by atoms with Crippen LogP contribution in [0.1, 0.15) is 54.4 Å². The average molecular weight is 505 g/mol. The molecule has 4 aliphatic carbocycles. The van der Waals surface area contributed by atoms with Crippen LogP contribution in [0.2, 0.25) is 0 Å². The lowest BCUT2D eigenvalue weighted by Gasteiger charge is -2.57. The Morgan fingerprint density at radius 2 is 1.53 bits per heavy atom. The van der Waals surface area contributed by atoms with Crippen LogP contribution in [-0.4, -0.2) is 32.4 Å². The molecule has 0 heterocycles. The summed E-state index contributed by atoms with van der Waals surface area (Å²) < 4.78 is 17.1. The first kappa shape index (κ1) is 24.0. The highest BCUT2D eigenvalue weighted by atomic mass is 35.5. The van der Waals surface area contributed by atoms with E-state index < -0.39 is 5.24 Å². The zero-order valence-electron chi connectivity index (χ0n) is 20.8. The Bertz CT molecular complexity index is 1230. The summed E-state index contributed by atoms with van der Waals surface area (Å²) in [7, 11) is 1.68. The standard InChI is InChI=1S/C31H33ClO4/c1-34-8-9-35-19-36-29-15-26-7-6-25(23-2-4-24(5-3-23)30(32)33)13-27(26)14-28(29)31-16-20-10-21(17-31)12-22(11-20)18-31/h2-7,13-15,20-22H,8-12,16-19H2,1H3. The molecule has 5 heteroatoms. The van der Waals surface area contributed by atoms with Gasteiger partial charge in [-0.3, -0.25) is 4.79 Å². The Morgan fingerprint density at radius 1 is 0.861 bits per heavy atom. The first-order valence-corrected chi connectivity index (χ1v) is 13.5. The van der Waals surface area contributed by atoms with Crippen LogP contribution in [0.5, 0.6) is 5.75 Å². The van der Waals surface area contributed by atoms with E-state index in [1.807, 2.05) is 12.1 Å². The molecule has 4 aliphatic rings. The second-order valence-electron chi connectivity index (χ2n) is 11.1. The zero-order chi connectivity index (χ0) is 24.7. The minimum atomic E-state index is -0.431. The molecule has 3 aromatic rings. The lowest BCUT2D eigenvalue weighted by Crippen LogP contribution is -2.48.